The van der Waals surface area contributed by atoms with Crippen LogP contribution in [0.15, 0.2) is 12.1 Å². The van der Waals surface area contributed by atoms with Crippen molar-refractivity contribution < 1.29 is 9.53 Å². The second-order valence-corrected chi connectivity index (χ2v) is 7.43. The van der Waals surface area contributed by atoms with Gasteiger partial charge in [0.25, 0.3) is 0 Å². The fourth-order valence-electron chi connectivity index (χ4n) is 1.87. The lowest BCUT2D eigenvalue weighted by atomic mass is 10.1. The smallest absolute Gasteiger partial charge is 0.407 e. The van der Waals surface area contributed by atoms with E-state index in [0.717, 1.165) is 40.4 Å². The van der Waals surface area contributed by atoms with Crippen molar-refractivity contribution in [3.8, 4) is 0 Å². The van der Waals surface area contributed by atoms with E-state index in [1.807, 2.05) is 32.9 Å². The Hall–Kier alpha value is -0.450. The predicted octanol–water partition coefficient (Wildman–Crippen LogP) is 5.74. The van der Waals surface area contributed by atoms with E-state index in [2.05, 4.69) is 21.2 Å². The quantitative estimate of drug-likeness (QED) is 0.479. The molecule has 0 spiro atoms. The van der Waals surface area contributed by atoms with Crippen LogP contribution in [0, 0.1) is 0 Å². The molecule has 0 aliphatic heterocycles. The Morgan fingerprint density at radius 2 is 1.77 bits per heavy atom. The zero-order chi connectivity index (χ0) is 16.8. The first-order chi connectivity index (χ1) is 10.2. The zero-order valence-electron chi connectivity index (χ0n) is 13.1. The number of hydrogen-bond donors (Lipinski definition) is 1. The summed E-state index contributed by atoms with van der Waals surface area (Å²) in [6, 6.07) is 3.81. The maximum absolute atomic E-state index is 11.5. The van der Waals surface area contributed by atoms with Crippen molar-refractivity contribution in [3.05, 3.63) is 33.3 Å². The lowest BCUT2D eigenvalue weighted by Crippen LogP contribution is -2.33. The number of nitrogens with one attached hydrogen (secondary N) is 1. The first-order valence-corrected chi connectivity index (χ1v) is 9.10. The molecule has 22 heavy (non-hydrogen) atoms. The lowest BCUT2D eigenvalue weighted by molar-refractivity contribution is 0.0527. The van der Waals surface area contributed by atoms with Crippen LogP contribution in [-0.2, 0) is 16.5 Å². The second kappa shape index (κ2) is 8.99. The maximum atomic E-state index is 11.5. The molecule has 0 radical (unpaired) electrons. The number of alkyl halides is 1. The third kappa shape index (κ3) is 7.21. The highest BCUT2D eigenvalue weighted by Gasteiger charge is 2.15. The van der Waals surface area contributed by atoms with Crippen LogP contribution < -0.4 is 5.32 Å². The number of aryl methyl sites for hydroxylation is 1. The topological polar surface area (TPSA) is 38.3 Å². The van der Waals surface area contributed by atoms with E-state index in [-0.39, 0.29) is 6.09 Å². The Morgan fingerprint density at radius 3 is 2.36 bits per heavy atom. The minimum Gasteiger partial charge on any atom is -0.444 e. The zero-order valence-corrected chi connectivity index (χ0v) is 16.2. The highest BCUT2D eigenvalue weighted by Crippen LogP contribution is 2.27. The summed E-state index contributed by atoms with van der Waals surface area (Å²) in [4.78, 5) is 11.5. The Morgan fingerprint density at radius 1 is 1.18 bits per heavy atom. The summed E-state index contributed by atoms with van der Waals surface area (Å²) in [6.45, 7) is 6.11. The third-order valence-electron chi connectivity index (χ3n) is 2.90. The molecule has 1 amide bonds. The number of ether oxygens (including phenoxy) is 1. The van der Waals surface area contributed by atoms with Gasteiger partial charge in [0.05, 0.1) is 0 Å². The number of carbonyl (C=O) groups excluding carboxylic acids is 1. The number of rotatable bonds is 6. The standard InChI is InChI=1S/C16H22BrCl2NO2/c1-16(2,3)22-15(21)20-7-5-4-6-11-8-14(19)12(10-17)9-13(11)18/h8-9H,4-7,10H2,1-3H3,(H,20,21). The van der Waals surface area contributed by atoms with Crippen LogP contribution in [-0.4, -0.2) is 18.2 Å². The van der Waals surface area contributed by atoms with Gasteiger partial charge in [-0.2, -0.15) is 0 Å². The van der Waals surface area contributed by atoms with Gasteiger partial charge in [0, 0.05) is 21.9 Å². The number of unbranched alkanes of at least 4 members (excludes halogenated alkanes) is 1. The largest absolute Gasteiger partial charge is 0.444 e. The SMILES string of the molecule is CC(C)(C)OC(=O)NCCCCc1cc(Cl)c(CBr)cc1Cl. The third-order valence-corrected chi connectivity index (χ3v) is 4.21. The Labute approximate surface area is 150 Å². The number of halogens is 3. The molecule has 0 atom stereocenters. The molecule has 1 aromatic carbocycles. The summed E-state index contributed by atoms with van der Waals surface area (Å²) in [6.07, 6.45) is 2.22. The van der Waals surface area contributed by atoms with Gasteiger partial charge in [-0.25, -0.2) is 4.79 Å². The van der Waals surface area contributed by atoms with Gasteiger partial charge in [-0.15, -0.1) is 0 Å². The monoisotopic (exact) mass is 409 g/mol. The molecule has 0 heterocycles. The van der Waals surface area contributed by atoms with E-state index < -0.39 is 5.60 Å². The Balaban J connectivity index is 2.34. The summed E-state index contributed by atoms with van der Waals surface area (Å²) in [5.41, 5.74) is 1.56. The number of carbonyl (C=O) groups is 1. The van der Waals surface area contributed by atoms with E-state index >= 15 is 0 Å². The molecule has 0 aliphatic rings. The van der Waals surface area contributed by atoms with Gasteiger partial charge in [0.1, 0.15) is 5.60 Å². The van der Waals surface area contributed by atoms with Crippen LogP contribution in [0.3, 0.4) is 0 Å². The first-order valence-electron chi connectivity index (χ1n) is 7.22. The fraction of sp³-hybridized carbons (Fsp3) is 0.562. The van der Waals surface area contributed by atoms with E-state index in [1.54, 1.807) is 0 Å². The molecule has 0 aliphatic carbocycles. The van der Waals surface area contributed by atoms with Gasteiger partial charge in [-0.1, -0.05) is 39.1 Å². The van der Waals surface area contributed by atoms with E-state index in [4.69, 9.17) is 27.9 Å². The van der Waals surface area contributed by atoms with Crippen LogP contribution in [0.4, 0.5) is 4.79 Å². The Bertz CT molecular complexity index is 516. The first kappa shape index (κ1) is 19.6. The van der Waals surface area contributed by atoms with Crippen LogP contribution in [0.5, 0.6) is 0 Å². The normalized spacial score (nSPS) is 11.4. The van der Waals surface area contributed by atoms with Crippen molar-refractivity contribution in [2.45, 2.75) is 51.0 Å². The molecule has 0 aromatic heterocycles. The van der Waals surface area contributed by atoms with E-state index in [1.165, 1.54) is 0 Å². The molecule has 1 N–H and O–H groups in total. The molecule has 0 saturated carbocycles. The summed E-state index contributed by atoms with van der Waals surface area (Å²) >= 11 is 15.8. The van der Waals surface area contributed by atoms with Crippen molar-refractivity contribution in [1.29, 1.82) is 0 Å². The van der Waals surface area contributed by atoms with Crippen molar-refractivity contribution in [2.24, 2.45) is 0 Å². The maximum Gasteiger partial charge on any atom is 0.407 e. The van der Waals surface area contributed by atoms with Gasteiger partial charge >= 0.3 is 6.09 Å². The van der Waals surface area contributed by atoms with Gasteiger partial charge in [0.15, 0.2) is 0 Å². The molecule has 1 rings (SSSR count). The van der Waals surface area contributed by atoms with E-state index in [9.17, 15) is 4.79 Å². The molecule has 124 valence electrons. The van der Waals surface area contributed by atoms with Gasteiger partial charge < -0.3 is 10.1 Å². The molecule has 0 saturated heterocycles. The molecule has 0 fully saturated rings. The minimum absolute atomic E-state index is 0.379. The van der Waals surface area contributed by atoms with Gasteiger partial charge in [0.2, 0.25) is 0 Å². The Kier molecular flexibility index (Phi) is 8.01. The number of hydrogen-bond acceptors (Lipinski definition) is 2. The molecular formula is C16H22BrCl2NO2. The van der Waals surface area contributed by atoms with Gasteiger partial charge in [-0.3, -0.25) is 0 Å². The van der Waals surface area contributed by atoms with Crippen LogP contribution in [0.2, 0.25) is 10.0 Å². The lowest BCUT2D eigenvalue weighted by Gasteiger charge is -2.19. The van der Waals surface area contributed by atoms with Crippen LogP contribution >= 0.6 is 39.1 Å². The van der Waals surface area contributed by atoms with Crippen molar-refractivity contribution >= 4 is 45.2 Å². The summed E-state index contributed by atoms with van der Waals surface area (Å²) in [5, 5.41) is 4.89. The summed E-state index contributed by atoms with van der Waals surface area (Å²) < 4.78 is 5.17. The predicted molar refractivity (Wildman–Crippen MR) is 96.3 cm³/mol. The summed E-state index contributed by atoms with van der Waals surface area (Å²) in [5.74, 6) is 0. The number of alkyl carbamates (subject to hydrolysis) is 1. The fourth-order valence-corrected chi connectivity index (χ4v) is 3.03. The number of benzene rings is 1. The van der Waals surface area contributed by atoms with Crippen LogP contribution in [0.1, 0.15) is 44.7 Å². The average molecular weight is 411 g/mol. The summed E-state index contributed by atoms with van der Waals surface area (Å²) in [7, 11) is 0. The molecule has 1 aromatic rings. The number of amides is 1. The van der Waals surface area contributed by atoms with Crippen LogP contribution in [0.25, 0.3) is 0 Å². The highest BCUT2D eigenvalue weighted by molar-refractivity contribution is 9.08. The minimum atomic E-state index is -0.467. The highest BCUT2D eigenvalue weighted by atomic mass is 79.9. The van der Waals surface area contributed by atoms with Crippen molar-refractivity contribution in [3.63, 3.8) is 0 Å². The molecular weight excluding hydrogens is 389 g/mol. The molecule has 3 nitrogen and oxygen atoms in total. The van der Waals surface area contributed by atoms with Crippen molar-refractivity contribution in [2.75, 3.05) is 6.54 Å². The van der Waals surface area contributed by atoms with Gasteiger partial charge in [-0.05, 0) is 63.3 Å². The molecule has 0 unspecified atom stereocenters. The van der Waals surface area contributed by atoms with Crippen molar-refractivity contribution in [1.82, 2.24) is 5.32 Å². The molecule has 6 heteroatoms. The average Bonchev–Trinajstić information content (AvgIpc) is 2.39. The second-order valence-electron chi connectivity index (χ2n) is 6.05. The molecule has 0 bridgehead atoms. The van der Waals surface area contributed by atoms with E-state index in [0.29, 0.717) is 11.9 Å².